The molecule has 2 aromatic rings. The van der Waals surface area contributed by atoms with Crippen molar-refractivity contribution in [2.75, 3.05) is 11.9 Å². The first-order valence-corrected chi connectivity index (χ1v) is 8.04. The number of amidine groups is 1. The van der Waals surface area contributed by atoms with Crippen molar-refractivity contribution in [1.82, 2.24) is 4.98 Å². The van der Waals surface area contributed by atoms with E-state index in [9.17, 15) is 13.6 Å². The van der Waals surface area contributed by atoms with E-state index in [-0.39, 0.29) is 23.6 Å². The molecular weight excluding hydrogens is 366 g/mol. The Bertz CT molecular complexity index is 815. The fourth-order valence-corrected chi connectivity index (χ4v) is 2.36. The molecule has 4 N–H and O–H groups in total. The highest BCUT2D eigenvalue weighted by molar-refractivity contribution is 6.30. The Balaban J connectivity index is 2.16. The van der Waals surface area contributed by atoms with Crippen molar-refractivity contribution in [1.29, 1.82) is 5.41 Å². The van der Waals surface area contributed by atoms with Crippen molar-refractivity contribution in [2.45, 2.75) is 19.3 Å². The van der Waals surface area contributed by atoms with Gasteiger partial charge in [-0.2, -0.15) is 0 Å². The number of halogens is 3. The number of nitrogens with one attached hydrogen (secondary N) is 2. The fourth-order valence-electron chi connectivity index (χ4n) is 2.25. The molecule has 138 valence electrons. The van der Waals surface area contributed by atoms with E-state index in [1.807, 2.05) is 0 Å². The number of carbonyl (C=O) groups excluding carboxylic acids is 1. The Labute approximate surface area is 153 Å². The zero-order valence-electron chi connectivity index (χ0n) is 13.9. The first-order chi connectivity index (χ1) is 12.3. The van der Waals surface area contributed by atoms with Crippen LogP contribution in [0.4, 0.5) is 14.5 Å². The minimum Gasteiger partial charge on any atom is -0.466 e. The Morgan fingerprint density at radius 3 is 2.77 bits per heavy atom. The van der Waals surface area contributed by atoms with E-state index in [4.69, 9.17) is 27.5 Å². The minimum absolute atomic E-state index is 0.0801. The summed E-state index contributed by atoms with van der Waals surface area (Å²) in [6.07, 6.45) is 1.62. The highest BCUT2D eigenvalue weighted by Crippen LogP contribution is 2.27. The van der Waals surface area contributed by atoms with Crippen molar-refractivity contribution < 1.29 is 18.3 Å². The van der Waals surface area contributed by atoms with Crippen LogP contribution in [0.25, 0.3) is 0 Å². The summed E-state index contributed by atoms with van der Waals surface area (Å²) in [5, 5.41) is 9.84. The summed E-state index contributed by atoms with van der Waals surface area (Å²) in [5.74, 6) is -3.08. The van der Waals surface area contributed by atoms with Gasteiger partial charge in [0.2, 0.25) is 0 Å². The molecule has 1 aromatic carbocycles. The molecule has 0 aliphatic rings. The Kier molecular flexibility index (Phi) is 6.46. The van der Waals surface area contributed by atoms with Crippen LogP contribution in [0.3, 0.4) is 0 Å². The number of benzene rings is 1. The third-order valence-electron chi connectivity index (χ3n) is 3.61. The van der Waals surface area contributed by atoms with Gasteiger partial charge in [0.25, 0.3) is 11.9 Å². The molecule has 0 bridgehead atoms. The number of rotatable bonds is 6. The molecule has 6 nitrogen and oxygen atoms in total. The van der Waals surface area contributed by atoms with Crippen molar-refractivity contribution in [2.24, 2.45) is 5.73 Å². The largest absolute Gasteiger partial charge is 0.466 e. The molecule has 1 amide bonds. The van der Waals surface area contributed by atoms with Crippen LogP contribution in [0, 0.1) is 17.0 Å². The number of ether oxygens (including phenoxy) is 1. The van der Waals surface area contributed by atoms with Gasteiger partial charge in [0.1, 0.15) is 5.69 Å². The van der Waals surface area contributed by atoms with E-state index in [0.29, 0.717) is 11.4 Å². The molecule has 1 atom stereocenters. The van der Waals surface area contributed by atoms with Crippen LogP contribution in [-0.2, 0) is 4.74 Å². The van der Waals surface area contributed by atoms with Gasteiger partial charge in [-0.15, -0.1) is 0 Å². The number of pyridine rings is 1. The van der Waals surface area contributed by atoms with Crippen LogP contribution in [0.5, 0.6) is 0 Å². The number of hydrogen-bond acceptors (Lipinski definition) is 4. The van der Waals surface area contributed by atoms with Gasteiger partial charge in [0.05, 0.1) is 11.6 Å². The van der Waals surface area contributed by atoms with Crippen LogP contribution in [0.2, 0.25) is 5.02 Å². The summed E-state index contributed by atoms with van der Waals surface area (Å²) in [5.41, 5.74) is 5.34. The number of hydrogen-bond donors (Lipinski definition) is 3. The first kappa shape index (κ1) is 19.6. The standard InChI is InChI=1S/C17H17ClF2N4O2/c1-9(4-5-26-17(21)22)12-6-11(7-13(19)15(12)20)24-16(25)14-3-2-10(18)8-23-14/h2-3,6-9H,4-5H2,1H3,(H3,21,22)(H,24,25)/t9-/m0/s1. The third-order valence-corrected chi connectivity index (χ3v) is 3.84. The van der Waals surface area contributed by atoms with Gasteiger partial charge < -0.3 is 15.8 Å². The lowest BCUT2D eigenvalue weighted by molar-refractivity contribution is 0.102. The molecule has 0 aliphatic heterocycles. The van der Waals surface area contributed by atoms with Crippen LogP contribution >= 0.6 is 11.6 Å². The van der Waals surface area contributed by atoms with Gasteiger partial charge in [-0.25, -0.2) is 13.8 Å². The third kappa shape index (κ3) is 5.13. The first-order valence-electron chi connectivity index (χ1n) is 7.66. The molecule has 9 heteroatoms. The molecule has 0 saturated heterocycles. The van der Waals surface area contributed by atoms with Crippen molar-refractivity contribution in [3.63, 3.8) is 0 Å². The monoisotopic (exact) mass is 382 g/mol. The summed E-state index contributed by atoms with van der Waals surface area (Å²) in [4.78, 5) is 16.0. The number of amides is 1. The SMILES string of the molecule is C[C@@H](CCOC(=N)N)c1cc(NC(=O)c2ccc(Cl)cn2)cc(F)c1F. The van der Waals surface area contributed by atoms with Gasteiger partial charge in [-0.05, 0) is 36.1 Å². The Hall–Kier alpha value is -2.74. The molecule has 1 heterocycles. The molecule has 0 fully saturated rings. The van der Waals surface area contributed by atoms with E-state index in [0.717, 1.165) is 6.07 Å². The quantitative estimate of drug-likeness (QED) is 0.524. The highest BCUT2D eigenvalue weighted by atomic mass is 35.5. The van der Waals surface area contributed by atoms with E-state index >= 15 is 0 Å². The summed E-state index contributed by atoms with van der Waals surface area (Å²) in [7, 11) is 0. The van der Waals surface area contributed by atoms with Crippen LogP contribution in [-0.4, -0.2) is 23.5 Å². The summed E-state index contributed by atoms with van der Waals surface area (Å²) < 4.78 is 32.8. The number of aromatic nitrogens is 1. The number of carbonyl (C=O) groups is 1. The topological polar surface area (TPSA) is 101 Å². The second-order valence-electron chi connectivity index (χ2n) is 5.58. The van der Waals surface area contributed by atoms with E-state index in [2.05, 4.69) is 10.3 Å². The second kappa shape index (κ2) is 8.57. The predicted molar refractivity (Wildman–Crippen MR) is 94.5 cm³/mol. The van der Waals surface area contributed by atoms with Crippen LogP contribution in [0.1, 0.15) is 35.3 Å². The minimum atomic E-state index is -1.08. The lowest BCUT2D eigenvalue weighted by atomic mass is 9.96. The summed E-state index contributed by atoms with van der Waals surface area (Å²) >= 11 is 5.71. The number of nitrogens with two attached hydrogens (primary N) is 1. The van der Waals surface area contributed by atoms with Crippen LogP contribution < -0.4 is 11.1 Å². The summed E-state index contributed by atoms with van der Waals surface area (Å²) in [6, 6.07) is 4.72. The molecule has 0 unspecified atom stereocenters. The number of anilines is 1. The van der Waals surface area contributed by atoms with Gasteiger partial charge in [-0.1, -0.05) is 18.5 Å². The van der Waals surface area contributed by atoms with E-state index in [1.165, 1.54) is 24.4 Å². The molecule has 0 saturated carbocycles. The Morgan fingerprint density at radius 1 is 1.42 bits per heavy atom. The van der Waals surface area contributed by atoms with Crippen LogP contribution in [0.15, 0.2) is 30.5 Å². The van der Waals surface area contributed by atoms with Crippen molar-refractivity contribution >= 4 is 29.2 Å². The average molecular weight is 383 g/mol. The lowest BCUT2D eigenvalue weighted by Crippen LogP contribution is -2.16. The maximum atomic E-state index is 14.1. The van der Waals surface area contributed by atoms with Gasteiger partial charge in [-0.3, -0.25) is 10.2 Å². The fraction of sp³-hybridized carbons (Fsp3) is 0.235. The molecular formula is C17H17ClF2N4O2. The molecule has 26 heavy (non-hydrogen) atoms. The molecule has 1 aromatic heterocycles. The summed E-state index contributed by atoms with van der Waals surface area (Å²) in [6.45, 7) is 1.76. The molecule has 2 rings (SSSR count). The van der Waals surface area contributed by atoms with Crippen molar-refractivity contribution in [3.8, 4) is 0 Å². The van der Waals surface area contributed by atoms with Gasteiger partial charge in [0, 0.05) is 18.0 Å². The van der Waals surface area contributed by atoms with Crippen molar-refractivity contribution in [3.05, 3.63) is 58.4 Å². The molecule has 0 spiro atoms. The lowest BCUT2D eigenvalue weighted by Gasteiger charge is -2.15. The van der Waals surface area contributed by atoms with Gasteiger partial charge in [0.15, 0.2) is 11.6 Å². The normalized spacial score (nSPS) is 11.7. The highest BCUT2D eigenvalue weighted by Gasteiger charge is 2.18. The smallest absolute Gasteiger partial charge is 0.278 e. The zero-order chi connectivity index (χ0) is 19.3. The van der Waals surface area contributed by atoms with Gasteiger partial charge >= 0.3 is 0 Å². The number of nitrogens with zero attached hydrogens (tertiary/aromatic N) is 1. The van der Waals surface area contributed by atoms with E-state index < -0.39 is 29.5 Å². The molecule has 0 radical (unpaired) electrons. The Morgan fingerprint density at radius 2 is 2.15 bits per heavy atom. The second-order valence-corrected chi connectivity index (χ2v) is 6.02. The zero-order valence-corrected chi connectivity index (χ0v) is 14.6. The maximum absolute atomic E-state index is 14.1. The predicted octanol–water partition coefficient (Wildman–Crippen LogP) is 3.67. The van der Waals surface area contributed by atoms with E-state index in [1.54, 1.807) is 6.92 Å². The molecule has 0 aliphatic carbocycles. The maximum Gasteiger partial charge on any atom is 0.278 e. The average Bonchev–Trinajstić information content (AvgIpc) is 2.58.